The topological polar surface area (TPSA) is 62.3 Å². The molecule has 3 rings (SSSR count). The van der Waals surface area contributed by atoms with Gasteiger partial charge in [-0.05, 0) is 50.7 Å². The summed E-state index contributed by atoms with van der Waals surface area (Å²) in [5, 5.41) is 3.04. The summed E-state index contributed by atoms with van der Waals surface area (Å²) in [6.07, 6.45) is 11.2. The number of allylic oxidation sites excluding steroid dienone is 1. The van der Waals surface area contributed by atoms with Gasteiger partial charge in [-0.2, -0.15) is 0 Å². The number of piperidine rings is 1. The summed E-state index contributed by atoms with van der Waals surface area (Å²) in [4.78, 5) is 30.5. The molecule has 0 radical (unpaired) electrons. The van der Waals surface area contributed by atoms with E-state index in [1.807, 2.05) is 4.90 Å². The molecule has 2 amide bonds. The highest BCUT2D eigenvalue weighted by molar-refractivity contribution is 5.94. The molecule has 1 N–H and O–H groups in total. The minimum atomic E-state index is -0.0853. The van der Waals surface area contributed by atoms with Crippen LogP contribution in [0.25, 0.3) is 0 Å². The number of aromatic nitrogens is 1. The van der Waals surface area contributed by atoms with Crippen LogP contribution in [0.2, 0.25) is 0 Å². The van der Waals surface area contributed by atoms with Crippen molar-refractivity contribution in [1.82, 2.24) is 15.2 Å². The fourth-order valence-corrected chi connectivity index (χ4v) is 3.23. The molecule has 0 unspecified atom stereocenters. The predicted molar refractivity (Wildman–Crippen MR) is 87.9 cm³/mol. The second kappa shape index (κ2) is 7.40. The highest BCUT2D eigenvalue weighted by atomic mass is 16.2. The molecule has 1 aromatic heterocycles. The highest BCUT2D eigenvalue weighted by Crippen LogP contribution is 2.21. The number of nitrogens with one attached hydrogen (secondary N) is 1. The Balaban J connectivity index is 1.49. The van der Waals surface area contributed by atoms with Crippen LogP contribution in [0.15, 0.2) is 36.2 Å². The number of nitrogens with zero attached hydrogens (tertiary/aromatic N) is 2. The van der Waals surface area contributed by atoms with E-state index < -0.39 is 0 Å². The van der Waals surface area contributed by atoms with Crippen molar-refractivity contribution in [3.05, 3.63) is 41.7 Å². The molecule has 0 saturated carbocycles. The van der Waals surface area contributed by atoms with Gasteiger partial charge in [0, 0.05) is 37.1 Å². The van der Waals surface area contributed by atoms with Gasteiger partial charge < -0.3 is 10.2 Å². The summed E-state index contributed by atoms with van der Waals surface area (Å²) in [6.45, 7) is 1.43. The molecule has 1 saturated heterocycles. The molecule has 0 atom stereocenters. The Hall–Kier alpha value is -2.17. The third-order valence-corrected chi connectivity index (χ3v) is 4.61. The lowest BCUT2D eigenvalue weighted by molar-refractivity contribution is -0.128. The van der Waals surface area contributed by atoms with Gasteiger partial charge in [0.15, 0.2) is 0 Å². The first-order valence-electron chi connectivity index (χ1n) is 8.43. The first kappa shape index (κ1) is 15.7. The van der Waals surface area contributed by atoms with E-state index in [0.717, 1.165) is 37.7 Å². The number of pyridine rings is 1. The summed E-state index contributed by atoms with van der Waals surface area (Å²) in [5.41, 5.74) is 1.56. The molecule has 5 heteroatoms. The lowest BCUT2D eigenvalue weighted by Gasteiger charge is -2.33. The monoisotopic (exact) mass is 313 g/mol. The van der Waals surface area contributed by atoms with Crippen molar-refractivity contribution >= 4 is 11.8 Å². The number of likely N-dealkylation sites (tertiary alicyclic amines) is 1. The average Bonchev–Trinajstić information content (AvgIpc) is 2.63. The molecule has 2 heterocycles. The Labute approximate surface area is 136 Å². The second-order valence-corrected chi connectivity index (χ2v) is 6.26. The van der Waals surface area contributed by atoms with Gasteiger partial charge in [0.1, 0.15) is 0 Å². The van der Waals surface area contributed by atoms with Crippen molar-refractivity contribution in [1.29, 1.82) is 0 Å². The minimum absolute atomic E-state index is 0.0853. The lowest BCUT2D eigenvalue weighted by atomic mass is 9.97. The van der Waals surface area contributed by atoms with Crippen LogP contribution < -0.4 is 5.32 Å². The molecule has 1 aliphatic carbocycles. The molecule has 0 spiro atoms. The van der Waals surface area contributed by atoms with E-state index in [9.17, 15) is 9.59 Å². The number of hydrogen-bond acceptors (Lipinski definition) is 3. The van der Waals surface area contributed by atoms with Crippen LogP contribution in [-0.4, -0.2) is 40.8 Å². The van der Waals surface area contributed by atoms with Gasteiger partial charge in [-0.1, -0.05) is 6.08 Å². The Morgan fingerprint density at radius 3 is 2.70 bits per heavy atom. The predicted octanol–water partition coefficient (Wildman–Crippen LogP) is 2.30. The van der Waals surface area contributed by atoms with E-state index in [1.54, 1.807) is 24.5 Å². The number of hydrogen-bond donors (Lipinski definition) is 1. The summed E-state index contributed by atoms with van der Waals surface area (Å²) >= 11 is 0. The largest absolute Gasteiger partial charge is 0.349 e. The lowest BCUT2D eigenvalue weighted by Crippen LogP contribution is -2.47. The quantitative estimate of drug-likeness (QED) is 0.931. The maximum atomic E-state index is 12.5. The zero-order valence-electron chi connectivity index (χ0n) is 13.3. The van der Waals surface area contributed by atoms with Crippen LogP contribution >= 0.6 is 0 Å². The fraction of sp³-hybridized carbons (Fsp3) is 0.500. The molecule has 5 nitrogen and oxygen atoms in total. The van der Waals surface area contributed by atoms with Gasteiger partial charge in [0.05, 0.1) is 5.56 Å². The van der Waals surface area contributed by atoms with E-state index in [1.165, 1.54) is 6.42 Å². The van der Waals surface area contributed by atoms with Crippen molar-refractivity contribution in [2.75, 3.05) is 13.1 Å². The number of carbonyl (C=O) groups is 2. The van der Waals surface area contributed by atoms with Gasteiger partial charge in [-0.15, -0.1) is 0 Å². The first-order chi connectivity index (χ1) is 11.2. The van der Waals surface area contributed by atoms with E-state index in [-0.39, 0.29) is 17.9 Å². The molecular weight excluding hydrogens is 290 g/mol. The third kappa shape index (κ3) is 3.97. The van der Waals surface area contributed by atoms with Crippen LogP contribution in [0.3, 0.4) is 0 Å². The number of amides is 2. The van der Waals surface area contributed by atoms with Gasteiger partial charge in [0.25, 0.3) is 5.91 Å². The molecular formula is C18H23N3O2. The minimum Gasteiger partial charge on any atom is -0.349 e. The van der Waals surface area contributed by atoms with Crippen LogP contribution in [0.5, 0.6) is 0 Å². The van der Waals surface area contributed by atoms with E-state index in [2.05, 4.69) is 16.4 Å². The van der Waals surface area contributed by atoms with Crippen molar-refractivity contribution in [2.45, 2.75) is 44.6 Å². The molecule has 1 aromatic rings. The number of rotatable bonds is 3. The highest BCUT2D eigenvalue weighted by Gasteiger charge is 2.26. The normalized spacial score (nSPS) is 19.1. The second-order valence-electron chi connectivity index (χ2n) is 6.26. The van der Waals surface area contributed by atoms with Crippen LogP contribution in [0, 0.1) is 0 Å². The standard InChI is InChI=1S/C18H23N3O2/c22-17(15-7-4-10-19-13-15)20-16-8-11-21(12-9-16)18(23)14-5-2-1-3-6-14/h4-5,7,10,13,16H,1-3,6,8-9,11-12H2,(H,20,22). The maximum Gasteiger partial charge on any atom is 0.253 e. The first-order valence-corrected chi connectivity index (χ1v) is 8.43. The summed E-state index contributed by atoms with van der Waals surface area (Å²) < 4.78 is 0. The SMILES string of the molecule is O=C(NC1CCN(C(=O)C2=CCCCC2)CC1)c1cccnc1. The third-order valence-electron chi connectivity index (χ3n) is 4.61. The molecule has 1 aliphatic heterocycles. The van der Waals surface area contributed by atoms with Gasteiger partial charge in [-0.25, -0.2) is 0 Å². The van der Waals surface area contributed by atoms with Crippen molar-refractivity contribution in [2.24, 2.45) is 0 Å². The van der Waals surface area contributed by atoms with E-state index in [0.29, 0.717) is 18.7 Å². The maximum absolute atomic E-state index is 12.5. The molecule has 0 bridgehead atoms. The fourth-order valence-electron chi connectivity index (χ4n) is 3.23. The van der Waals surface area contributed by atoms with Gasteiger partial charge in [0.2, 0.25) is 5.91 Å². The van der Waals surface area contributed by atoms with E-state index >= 15 is 0 Å². The van der Waals surface area contributed by atoms with Crippen molar-refractivity contribution in [3.8, 4) is 0 Å². The summed E-state index contributed by atoms with van der Waals surface area (Å²) in [7, 11) is 0. The number of carbonyl (C=O) groups excluding carboxylic acids is 2. The molecule has 23 heavy (non-hydrogen) atoms. The zero-order chi connectivity index (χ0) is 16.1. The Morgan fingerprint density at radius 1 is 1.22 bits per heavy atom. The Morgan fingerprint density at radius 2 is 2.04 bits per heavy atom. The van der Waals surface area contributed by atoms with Crippen LogP contribution in [0.1, 0.15) is 48.9 Å². The van der Waals surface area contributed by atoms with E-state index in [4.69, 9.17) is 0 Å². The molecule has 2 aliphatic rings. The Bertz CT molecular complexity index is 590. The summed E-state index contributed by atoms with van der Waals surface area (Å²) in [5.74, 6) is 0.111. The molecule has 0 aromatic carbocycles. The van der Waals surface area contributed by atoms with Gasteiger partial charge >= 0.3 is 0 Å². The molecule has 1 fully saturated rings. The van der Waals surface area contributed by atoms with Crippen molar-refractivity contribution in [3.63, 3.8) is 0 Å². The Kier molecular flexibility index (Phi) is 5.05. The molecule has 122 valence electrons. The average molecular weight is 313 g/mol. The van der Waals surface area contributed by atoms with Gasteiger partial charge in [-0.3, -0.25) is 14.6 Å². The zero-order valence-corrected chi connectivity index (χ0v) is 13.3. The van der Waals surface area contributed by atoms with Crippen LogP contribution in [0.4, 0.5) is 0 Å². The van der Waals surface area contributed by atoms with Crippen LogP contribution in [-0.2, 0) is 4.79 Å². The summed E-state index contributed by atoms with van der Waals surface area (Å²) in [6, 6.07) is 3.65. The smallest absolute Gasteiger partial charge is 0.253 e. The van der Waals surface area contributed by atoms with Crippen molar-refractivity contribution < 1.29 is 9.59 Å².